The van der Waals surface area contributed by atoms with Gasteiger partial charge < -0.3 is 25.0 Å². The van der Waals surface area contributed by atoms with Crippen molar-refractivity contribution < 1.29 is 19.4 Å². The van der Waals surface area contributed by atoms with E-state index in [1.165, 1.54) is 5.57 Å². The van der Waals surface area contributed by atoms with Gasteiger partial charge in [-0.05, 0) is 55.5 Å². The molecule has 2 aromatic rings. The van der Waals surface area contributed by atoms with E-state index in [0.717, 1.165) is 24.8 Å². The first-order valence-corrected chi connectivity index (χ1v) is 12.2. The molecule has 1 aliphatic carbocycles. The number of carbonyl (C=O) groups is 2. The van der Waals surface area contributed by atoms with Crippen molar-refractivity contribution in [3.63, 3.8) is 0 Å². The van der Waals surface area contributed by atoms with Crippen LogP contribution in [-0.2, 0) is 0 Å². The quantitative estimate of drug-likeness (QED) is 0.654. The summed E-state index contributed by atoms with van der Waals surface area (Å²) in [5.41, 5.74) is 3.23. The van der Waals surface area contributed by atoms with Crippen molar-refractivity contribution >= 4 is 23.2 Å². The molecule has 186 valence electrons. The number of fused-ring (bicyclic) bond motifs is 1. The predicted molar refractivity (Wildman–Crippen MR) is 135 cm³/mol. The van der Waals surface area contributed by atoms with Crippen LogP contribution in [0.15, 0.2) is 48.7 Å². The van der Waals surface area contributed by atoms with E-state index in [1.807, 2.05) is 50.2 Å². The first-order chi connectivity index (χ1) is 16.9. The summed E-state index contributed by atoms with van der Waals surface area (Å²) in [5, 5.41) is 12.7. The van der Waals surface area contributed by atoms with Crippen molar-refractivity contribution in [3.8, 4) is 5.88 Å². The van der Waals surface area contributed by atoms with Crippen LogP contribution in [0.5, 0.6) is 5.88 Å². The van der Waals surface area contributed by atoms with Gasteiger partial charge >= 0.3 is 6.03 Å². The summed E-state index contributed by atoms with van der Waals surface area (Å²) in [7, 11) is 1.72. The Labute approximate surface area is 206 Å². The number of aliphatic hydroxyl groups is 1. The van der Waals surface area contributed by atoms with E-state index in [9.17, 15) is 14.7 Å². The van der Waals surface area contributed by atoms with Crippen LogP contribution < -0.4 is 10.1 Å². The number of urea groups is 1. The molecule has 0 saturated carbocycles. The highest BCUT2D eigenvalue weighted by Crippen LogP contribution is 2.32. The Balaban J connectivity index is 1.60. The number of nitrogens with zero attached hydrogens (tertiary/aromatic N) is 3. The standard InChI is InChI=1S/C27H34N4O4/c1-18-15-31(19(2)17-32)26(33)23-13-21(20-9-7-8-10-20)14-28-25(23)35-24(18)16-30(3)27(34)29-22-11-5-4-6-12-22/h4-6,9,11-14,18-19,24,32H,7-8,10,15-17H2,1-3H3,(H,29,34)/t18-,19+,24+/m0/s1. The van der Waals surface area contributed by atoms with E-state index < -0.39 is 6.10 Å². The SMILES string of the molecule is C[C@H](CO)N1C[C@H](C)[C@@H](CN(C)C(=O)Nc2ccccc2)Oc2ncc(C3=CCCC3)cc2C1=O. The number of ether oxygens (including phenoxy) is 1. The second kappa shape index (κ2) is 10.9. The molecule has 4 rings (SSSR count). The number of hydrogen-bond acceptors (Lipinski definition) is 5. The molecule has 0 fully saturated rings. The highest BCUT2D eigenvalue weighted by Gasteiger charge is 2.35. The number of rotatable bonds is 6. The molecule has 2 N–H and O–H groups in total. The Hall–Kier alpha value is -3.39. The van der Waals surface area contributed by atoms with Crippen molar-refractivity contribution in [1.82, 2.24) is 14.8 Å². The van der Waals surface area contributed by atoms with Gasteiger partial charge in [0.05, 0.1) is 19.2 Å². The van der Waals surface area contributed by atoms with Crippen molar-refractivity contribution in [1.29, 1.82) is 0 Å². The van der Waals surface area contributed by atoms with Gasteiger partial charge in [-0.2, -0.15) is 0 Å². The zero-order valence-electron chi connectivity index (χ0n) is 20.6. The van der Waals surface area contributed by atoms with E-state index in [0.29, 0.717) is 24.3 Å². The molecule has 0 radical (unpaired) electrons. The maximum Gasteiger partial charge on any atom is 0.321 e. The lowest BCUT2D eigenvalue weighted by Crippen LogP contribution is -2.50. The number of pyridine rings is 1. The lowest BCUT2D eigenvalue weighted by molar-refractivity contribution is 0.0356. The van der Waals surface area contributed by atoms with Crippen LogP contribution in [0.1, 0.15) is 49.0 Å². The summed E-state index contributed by atoms with van der Waals surface area (Å²) in [6, 6.07) is 10.5. The summed E-state index contributed by atoms with van der Waals surface area (Å²) in [5.74, 6) is -0.0389. The van der Waals surface area contributed by atoms with Crippen LogP contribution in [0.25, 0.3) is 5.57 Å². The van der Waals surface area contributed by atoms with Gasteiger partial charge in [-0.25, -0.2) is 9.78 Å². The van der Waals surface area contributed by atoms with Crippen LogP contribution >= 0.6 is 0 Å². The molecule has 2 heterocycles. The number of likely N-dealkylation sites (N-methyl/N-ethyl adjacent to an activating group) is 1. The lowest BCUT2D eigenvalue weighted by Gasteiger charge is -2.37. The number of carbonyl (C=O) groups excluding carboxylic acids is 2. The van der Waals surface area contributed by atoms with Crippen molar-refractivity contribution in [2.24, 2.45) is 5.92 Å². The third-order valence-electron chi connectivity index (χ3n) is 6.76. The molecule has 0 saturated heterocycles. The fraction of sp³-hybridized carbons (Fsp3) is 0.444. The average Bonchev–Trinajstić information content (AvgIpc) is 3.41. The average molecular weight is 479 g/mol. The molecule has 8 heteroatoms. The van der Waals surface area contributed by atoms with Crippen LogP contribution in [0.4, 0.5) is 10.5 Å². The third kappa shape index (κ3) is 5.65. The van der Waals surface area contributed by atoms with Crippen molar-refractivity contribution in [2.75, 3.05) is 32.1 Å². The largest absolute Gasteiger partial charge is 0.472 e. The summed E-state index contributed by atoms with van der Waals surface area (Å²) in [4.78, 5) is 34.2. The van der Waals surface area contributed by atoms with Gasteiger partial charge in [0.1, 0.15) is 11.7 Å². The van der Waals surface area contributed by atoms with Gasteiger partial charge in [0.25, 0.3) is 5.91 Å². The van der Waals surface area contributed by atoms with Gasteiger partial charge in [-0.1, -0.05) is 31.2 Å². The normalized spacial score (nSPS) is 20.7. The summed E-state index contributed by atoms with van der Waals surface area (Å²) >= 11 is 0. The number of hydrogen-bond donors (Lipinski definition) is 2. The summed E-state index contributed by atoms with van der Waals surface area (Å²) < 4.78 is 6.31. The van der Waals surface area contributed by atoms with Gasteiger partial charge in [0.2, 0.25) is 5.88 Å². The molecule has 0 bridgehead atoms. The Bertz CT molecular complexity index is 1090. The number of benzene rings is 1. The highest BCUT2D eigenvalue weighted by molar-refractivity contribution is 5.97. The number of nitrogens with one attached hydrogen (secondary N) is 1. The maximum absolute atomic E-state index is 13.5. The zero-order valence-corrected chi connectivity index (χ0v) is 20.6. The monoisotopic (exact) mass is 478 g/mol. The summed E-state index contributed by atoms with van der Waals surface area (Å²) in [6.07, 6.45) is 6.65. The van der Waals surface area contributed by atoms with Crippen molar-refractivity contribution in [3.05, 3.63) is 59.8 Å². The fourth-order valence-electron chi connectivity index (χ4n) is 4.52. The van der Waals surface area contributed by atoms with Crippen LogP contribution in [0.2, 0.25) is 0 Å². The van der Waals surface area contributed by atoms with Crippen LogP contribution in [0.3, 0.4) is 0 Å². The lowest BCUT2D eigenvalue weighted by atomic mass is 9.99. The van der Waals surface area contributed by atoms with Gasteiger partial charge in [-0.3, -0.25) is 4.79 Å². The van der Waals surface area contributed by atoms with Crippen molar-refractivity contribution in [2.45, 2.75) is 45.3 Å². The number of aliphatic hydroxyl groups excluding tert-OH is 1. The molecule has 3 atom stereocenters. The number of amides is 3. The molecule has 2 aliphatic rings. The number of aromatic nitrogens is 1. The molecule has 0 spiro atoms. The Morgan fingerprint density at radius 1 is 1.34 bits per heavy atom. The molecule has 1 aromatic carbocycles. The van der Waals surface area contributed by atoms with E-state index in [4.69, 9.17) is 4.74 Å². The number of allylic oxidation sites excluding steroid dienone is 2. The molecule has 3 amide bonds. The van der Waals surface area contributed by atoms with Gasteiger partial charge in [0.15, 0.2) is 0 Å². The number of anilines is 1. The second-order valence-electron chi connectivity index (χ2n) is 9.50. The summed E-state index contributed by atoms with van der Waals surface area (Å²) in [6.45, 7) is 4.38. The first-order valence-electron chi connectivity index (χ1n) is 12.2. The maximum atomic E-state index is 13.5. The van der Waals surface area contributed by atoms with E-state index >= 15 is 0 Å². The van der Waals surface area contributed by atoms with Crippen LogP contribution in [0, 0.1) is 5.92 Å². The Morgan fingerprint density at radius 2 is 2.11 bits per heavy atom. The van der Waals surface area contributed by atoms with Crippen LogP contribution in [-0.4, -0.2) is 70.7 Å². The fourth-order valence-corrected chi connectivity index (χ4v) is 4.52. The topological polar surface area (TPSA) is 95.0 Å². The molecule has 35 heavy (non-hydrogen) atoms. The van der Waals surface area contributed by atoms with Gasteiger partial charge in [-0.15, -0.1) is 0 Å². The smallest absolute Gasteiger partial charge is 0.321 e. The molecule has 8 nitrogen and oxygen atoms in total. The third-order valence-corrected chi connectivity index (χ3v) is 6.76. The molecule has 0 unspecified atom stereocenters. The predicted octanol–water partition coefficient (Wildman–Crippen LogP) is 4.03. The van der Waals surface area contributed by atoms with E-state index in [-0.39, 0.29) is 36.4 Å². The molecule has 1 aromatic heterocycles. The second-order valence-corrected chi connectivity index (χ2v) is 9.50. The minimum Gasteiger partial charge on any atom is -0.472 e. The van der Waals surface area contributed by atoms with E-state index in [1.54, 1.807) is 23.0 Å². The highest BCUT2D eigenvalue weighted by atomic mass is 16.5. The minimum absolute atomic E-state index is 0.105. The molecular formula is C27H34N4O4. The molecule has 1 aliphatic heterocycles. The molecular weight excluding hydrogens is 444 g/mol. The number of para-hydroxylation sites is 1. The minimum atomic E-state index is -0.397. The van der Waals surface area contributed by atoms with Gasteiger partial charge in [0, 0.05) is 31.4 Å². The Kier molecular flexibility index (Phi) is 7.70. The Morgan fingerprint density at radius 3 is 2.80 bits per heavy atom. The first kappa shape index (κ1) is 24.7. The van der Waals surface area contributed by atoms with E-state index in [2.05, 4.69) is 16.4 Å². The zero-order chi connectivity index (χ0) is 24.9.